The van der Waals surface area contributed by atoms with Crippen molar-refractivity contribution in [2.75, 3.05) is 23.8 Å². The molecular weight excluding hydrogens is 350 g/mol. The number of amides is 1. The summed E-state index contributed by atoms with van der Waals surface area (Å²) in [5.74, 6) is 0.705. The summed E-state index contributed by atoms with van der Waals surface area (Å²) in [5, 5.41) is 2.97. The summed E-state index contributed by atoms with van der Waals surface area (Å²) < 4.78 is 0. The van der Waals surface area contributed by atoms with Crippen LogP contribution in [0.25, 0.3) is 0 Å². The number of carbonyl (C=O) groups is 1. The van der Waals surface area contributed by atoms with Crippen molar-refractivity contribution >= 4 is 17.5 Å². The number of para-hydroxylation sites is 1. The molecule has 1 amide bonds. The standard InChI is InChI=1S/C22H25N5O/c1-16(2)19-6-4-5-7-20(19)26-21(28)18-14-24-22(25-15-18)27(3)13-10-17-8-11-23-12-9-17/h4-9,11-12,14-16H,10,13H2,1-3H3,(H,26,28). The Kier molecular flexibility index (Phi) is 6.32. The maximum atomic E-state index is 12.6. The van der Waals surface area contributed by atoms with Crippen molar-refractivity contribution in [2.24, 2.45) is 0 Å². The Bertz CT molecular complexity index is 910. The minimum absolute atomic E-state index is 0.209. The zero-order valence-electron chi connectivity index (χ0n) is 16.5. The Morgan fingerprint density at radius 1 is 1.07 bits per heavy atom. The first kappa shape index (κ1) is 19.5. The summed E-state index contributed by atoms with van der Waals surface area (Å²) >= 11 is 0. The van der Waals surface area contributed by atoms with Gasteiger partial charge < -0.3 is 10.2 Å². The number of nitrogens with zero attached hydrogens (tertiary/aromatic N) is 4. The average molecular weight is 375 g/mol. The first-order valence-electron chi connectivity index (χ1n) is 9.37. The molecule has 6 heteroatoms. The van der Waals surface area contributed by atoms with E-state index in [0.717, 1.165) is 24.2 Å². The van der Waals surface area contributed by atoms with Crippen molar-refractivity contribution < 1.29 is 4.79 Å². The molecule has 2 aromatic heterocycles. The van der Waals surface area contributed by atoms with Gasteiger partial charge in [-0.25, -0.2) is 9.97 Å². The number of pyridine rings is 1. The van der Waals surface area contributed by atoms with Crippen molar-refractivity contribution in [3.63, 3.8) is 0 Å². The third-order valence-corrected chi connectivity index (χ3v) is 4.56. The highest BCUT2D eigenvalue weighted by atomic mass is 16.1. The highest BCUT2D eigenvalue weighted by molar-refractivity contribution is 6.04. The highest BCUT2D eigenvalue weighted by Gasteiger charge is 2.13. The molecule has 0 saturated heterocycles. The predicted octanol–water partition coefficient (Wildman–Crippen LogP) is 3.93. The van der Waals surface area contributed by atoms with Crippen LogP contribution in [0.4, 0.5) is 11.6 Å². The molecule has 0 spiro atoms. The number of benzene rings is 1. The Labute approximate surface area is 165 Å². The molecule has 0 bridgehead atoms. The van der Waals surface area contributed by atoms with Crippen LogP contribution in [0.5, 0.6) is 0 Å². The zero-order valence-corrected chi connectivity index (χ0v) is 16.5. The van der Waals surface area contributed by atoms with Gasteiger partial charge in [-0.15, -0.1) is 0 Å². The second-order valence-electron chi connectivity index (χ2n) is 6.99. The lowest BCUT2D eigenvalue weighted by Gasteiger charge is -2.17. The van der Waals surface area contributed by atoms with Gasteiger partial charge in [0.05, 0.1) is 5.56 Å². The van der Waals surface area contributed by atoms with Gasteiger partial charge in [0.25, 0.3) is 5.91 Å². The van der Waals surface area contributed by atoms with Gasteiger partial charge in [-0.1, -0.05) is 32.0 Å². The van der Waals surface area contributed by atoms with E-state index in [2.05, 4.69) is 34.1 Å². The van der Waals surface area contributed by atoms with Crippen LogP contribution in [-0.4, -0.2) is 34.5 Å². The molecule has 1 aromatic carbocycles. The molecule has 0 saturated carbocycles. The lowest BCUT2D eigenvalue weighted by atomic mass is 10.0. The van der Waals surface area contributed by atoms with Gasteiger partial charge >= 0.3 is 0 Å². The van der Waals surface area contributed by atoms with Crippen molar-refractivity contribution in [3.8, 4) is 0 Å². The molecule has 0 fully saturated rings. The van der Waals surface area contributed by atoms with Crippen LogP contribution < -0.4 is 10.2 Å². The molecule has 3 rings (SSSR count). The minimum Gasteiger partial charge on any atom is -0.344 e. The predicted molar refractivity (Wildman–Crippen MR) is 112 cm³/mol. The van der Waals surface area contributed by atoms with Crippen LogP contribution in [0.3, 0.4) is 0 Å². The van der Waals surface area contributed by atoms with E-state index in [1.54, 1.807) is 24.8 Å². The normalized spacial score (nSPS) is 10.7. The minimum atomic E-state index is -0.209. The van der Waals surface area contributed by atoms with E-state index in [-0.39, 0.29) is 5.91 Å². The quantitative estimate of drug-likeness (QED) is 0.678. The molecule has 0 unspecified atom stereocenters. The zero-order chi connectivity index (χ0) is 19.9. The van der Waals surface area contributed by atoms with Crippen LogP contribution in [-0.2, 0) is 6.42 Å². The number of nitrogens with one attached hydrogen (secondary N) is 1. The third kappa shape index (κ3) is 4.91. The number of carbonyl (C=O) groups excluding carboxylic acids is 1. The smallest absolute Gasteiger partial charge is 0.258 e. The molecule has 0 aliphatic rings. The second-order valence-corrected chi connectivity index (χ2v) is 6.99. The van der Waals surface area contributed by atoms with Gasteiger partial charge in [0.2, 0.25) is 5.95 Å². The van der Waals surface area contributed by atoms with Crippen molar-refractivity contribution in [1.29, 1.82) is 0 Å². The van der Waals surface area contributed by atoms with Crippen LogP contribution in [0, 0.1) is 0 Å². The summed E-state index contributed by atoms with van der Waals surface area (Å²) in [6, 6.07) is 11.8. The Balaban J connectivity index is 1.63. The van der Waals surface area contributed by atoms with Gasteiger partial charge in [-0.05, 0) is 41.7 Å². The maximum absolute atomic E-state index is 12.6. The number of aromatic nitrogens is 3. The fourth-order valence-corrected chi connectivity index (χ4v) is 2.89. The maximum Gasteiger partial charge on any atom is 0.258 e. The van der Waals surface area contributed by atoms with Crippen molar-refractivity contribution in [1.82, 2.24) is 15.0 Å². The van der Waals surface area contributed by atoms with E-state index < -0.39 is 0 Å². The molecule has 0 atom stereocenters. The SMILES string of the molecule is CC(C)c1ccccc1NC(=O)c1cnc(N(C)CCc2ccncc2)nc1. The summed E-state index contributed by atoms with van der Waals surface area (Å²) in [7, 11) is 1.94. The summed E-state index contributed by atoms with van der Waals surface area (Å²) in [5.41, 5.74) is 3.57. The van der Waals surface area contributed by atoms with Crippen LogP contribution in [0.1, 0.15) is 41.3 Å². The molecule has 0 radical (unpaired) electrons. The van der Waals surface area contributed by atoms with Crippen LogP contribution in [0.2, 0.25) is 0 Å². The molecule has 2 heterocycles. The fourth-order valence-electron chi connectivity index (χ4n) is 2.89. The summed E-state index contributed by atoms with van der Waals surface area (Å²) in [6.45, 7) is 4.98. The van der Waals surface area contributed by atoms with Gasteiger partial charge in [-0.2, -0.15) is 0 Å². The Morgan fingerprint density at radius 2 is 1.75 bits per heavy atom. The number of rotatable bonds is 7. The molecule has 0 aliphatic heterocycles. The van der Waals surface area contributed by atoms with Crippen LogP contribution >= 0.6 is 0 Å². The largest absolute Gasteiger partial charge is 0.344 e. The first-order chi connectivity index (χ1) is 13.5. The molecule has 3 aromatic rings. The van der Waals surface area contributed by atoms with E-state index in [1.807, 2.05) is 48.3 Å². The van der Waals surface area contributed by atoms with Gasteiger partial charge in [0.15, 0.2) is 0 Å². The van der Waals surface area contributed by atoms with Gasteiger partial charge in [0.1, 0.15) is 0 Å². The highest BCUT2D eigenvalue weighted by Crippen LogP contribution is 2.24. The van der Waals surface area contributed by atoms with Gasteiger partial charge in [-0.3, -0.25) is 9.78 Å². The summed E-state index contributed by atoms with van der Waals surface area (Å²) in [4.78, 5) is 27.3. The van der Waals surface area contributed by atoms with E-state index >= 15 is 0 Å². The molecule has 144 valence electrons. The average Bonchev–Trinajstić information content (AvgIpc) is 2.73. The molecule has 0 aliphatic carbocycles. The number of hydrogen-bond acceptors (Lipinski definition) is 5. The summed E-state index contributed by atoms with van der Waals surface area (Å²) in [6.07, 6.45) is 7.58. The van der Waals surface area contributed by atoms with E-state index in [1.165, 1.54) is 5.56 Å². The second kappa shape index (κ2) is 9.08. The van der Waals surface area contributed by atoms with E-state index in [9.17, 15) is 4.79 Å². The molecule has 6 nitrogen and oxygen atoms in total. The van der Waals surface area contributed by atoms with E-state index in [0.29, 0.717) is 17.4 Å². The molecule has 28 heavy (non-hydrogen) atoms. The number of likely N-dealkylation sites (N-methyl/N-ethyl adjacent to an activating group) is 1. The first-order valence-corrected chi connectivity index (χ1v) is 9.37. The lowest BCUT2D eigenvalue weighted by Crippen LogP contribution is -2.23. The topological polar surface area (TPSA) is 71.0 Å². The van der Waals surface area contributed by atoms with Crippen molar-refractivity contribution in [3.05, 3.63) is 77.9 Å². The lowest BCUT2D eigenvalue weighted by molar-refractivity contribution is 0.102. The number of hydrogen-bond donors (Lipinski definition) is 1. The number of anilines is 2. The molecular formula is C22H25N5O. The molecule has 1 N–H and O–H groups in total. The monoisotopic (exact) mass is 375 g/mol. The Morgan fingerprint density at radius 3 is 2.43 bits per heavy atom. The van der Waals surface area contributed by atoms with Crippen LogP contribution in [0.15, 0.2) is 61.2 Å². The third-order valence-electron chi connectivity index (χ3n) is 4.56. The van der Waals surface area contributed by atoms with Gasteiger partial charge in [0, 0.05) is 44.1 Å². The van der Waals surface area contributed by atoms with Crippen molar-refractivity contribution in [2.45, 2.75) is 26.2 Å². The fraction of sp³-hybridized carbons (Fsp3) is 0.273. The van der Waals surface area contributed by atoms with E-state index in [4.69, 9.17) is 0 Å². The Hall–Kier alpha value is -3.28.